The summed E-state index contributed by atoms with van der Waals surface area (Å²) in [5.41, 5.74) is 1.37. The first-order chi connectivity index (χ1) is 9.50. The second-order valence-electron chi connectivity index (χ2n) is 3.79. The van der Waals surface area contributed by atoms with Crippen molar-refractivity contribution >= 4 is 6.21 Å². The van der Waals surface area contributed by atoms with Gasteiger partial charge in [-0.15, -0.1) is 0 Å². The van der Waals surface area contributed by atoms with Gasteiger partial charge in [0.2, 0.25) is 5.82 Å². The van der Waals surface area contributed by atoms with Crippen molar-refractivity contribution in [3.8, 4) is 11.4 Å². The fourth-order valence-electron chi connectivity index (χ4n) is 1.46. The molecule has 0 aliphatic carbocycles. The molecular weight excluding hydrogens is 275 g/mol. The van der Waals surface area contributed by atoms with Gasteiger partial charge < -0.3 is 9.36 Å². The molecule has 8 heteroatoms. The van der Waals surface area contributed by atoms with Gasteiger partial charge in [-0.1, -0.05) is 34.6 Å². The van der Waals surface area contributed by atoms with Crippen LogP contribution in [0.2, 0.25) is 0 Å². The van der Waals surface area contributed by atoms with Crippen molar-refractivity contribution in [2.45, 2.75) is 12.6 Å². The molecule has 0 aliphatic rings. The molecular formula is C12H10F3N3O2. The largest absolute Gasteiger partial charge is 0.471 e. The maximum Gasteiger partial charge on any atom is 0.471 e. The molecule has 0 aliphatic heterocycles. The van der Waals surface area contributed by atoms with Gasteiger partial charge in [-0.2, -0.15) is 18.2 Å². The second kappa shape index (κ2) is 5.72. The van der Waals surface area contributed by atoms with Gasteiger partial charge in [0.05, 0.1) is 0 Å². The first-order valence-electron chi connectivity index (χ1n) is 5.56. The van der Waals surface area contributed by atoms with E-state index >= 15 is 0 Å². The zero-order valence-electron chi connectivity index (χ0n) is 10.4. The van der Waals surface area contributed by atoms with Gasteiger partial charge in [-0.05, 0) is 5.56 Å². The highest BCUT2D eigenvalue weighted by molar-refractivity contribution is 5.62. The molecule has 0 bridgehead atoms. The summed E-state index contributed by atoms with van der Waals surface area (Å²) in [5.74, 6) is -1.46. The van der Waals surface area contributed by atoms with Gasteiger partial charge in [0, 0.05) is 18.2 Å². The molecule has 1 aromatic carbocycles. The summed E-state index contributed by atoms with van der Waals surface area (Å²) in [7, 11) is 1.44. The Morgan fingerprint density at radius 2 is 2.00 bits per heavy atom. The van der Waals surface area contributed by atoms with Gasteiger partial charge in [0.1, 0.15) is 7.11 Å². The molecule has 0 radical (unpaired) electrons. The zero-order chi connectivity index (χ0) is 14.6. The van der Waals surface area contributed by atoms with Crippen molar-refractivity contribution in [3.63, 3.8) is 0 Å². The van der Waals surface area contributed by atoms with Crippen molar-refractivity contribution in [3.05, 3.63) is 35.7 Å². The molecule has 2 rings (SSSR count). The molecule has 0 atom stereocenters. The molecule has 20 heavy (non-hydrogen) atoms. The minimum atomic E-state index is -4.64. The highest BCUT2D eigenvalue weighted by atomic mass is 19.4. The van der Waals surface area contributed by atoms with E-state index in [1.54, 1.807) is 30.5 Å². The Bertz CT molecular complexity index is 591. The van der Waals surface area contributed by atoms with E-state index in [9.17, 15) is 13.2 Å². The Kier molecular flexibility index (Phi) is 4.02. The summed E-state index contributed by atoms with van der Waals surface area (Å²) in [6.45, 7) is 0. The van der Waals surface area contributed by atoms with Gasteiger partial charge in [0.25, 0.3) is 0 Å². The van der Waals surface area contributed by atoms with Crippen LogP contribution in [0, 0.1) is 0 Å². The Hall–Kier alpha value is -2.38. The summed E-state index contributed by atoms with van der Waals surface area (Å²) >= 11 is 0. The van der Waals surface area contributed by atoms with Crippen molar-refractivity contribution in [1.82, 2.24) is 10.1 Å². The van der Waals surface area contributed by atoms with Crippen LogP contribution in [0.4, 0.5) is 13.2 Å². The summed E-state index contributed by atoms with van der Waals surface area (Å²) < 4.78 is 41.2. The number of alkyl halides is 3. The maximum atomic E-state index is 12.3. The molecule has 5 nitrogen and oxygen atoms in total. The highest BCUT2D eigenvalue weighted by Crippen LogP contribution is 2.29. The molecule has 2 aromatic rings. The van der Waals surface area contributed by atoms with Crippen LogP contribution in [-0.4, -0.2) is 23.5 Å². The third-order valence-corrected chi connectivity index (χ3v) is 2.39. The monoisotopic (exact) mass is 285 g/mol. The second-order valence-corrected chi connectivity index (χ2v) is 3.79. The Morgan fingerprint density at radius 1 is 1.30 bits per heavy atom. The predicted molar refractivity (Wildman–Crippen MR) is 63.9 cm³/mol. The van der Waals surface area contributed by atoms with Crippen molar-refractivity contribution in [2.24, 2.45) is 5.16 Å². The third-order valence-electron chi connectivity index (χ3n) is 2.39. The van der Waals surface area contributed by atoms with Crippen molar-refractivity contribution in [1.29, 1.82) is 0 Å². The first-order valence-corrected chi connectivity index (χ1v) is 5.56. The molecule has 0 unspecified atom stereocenters. The SMILES string of the molecule is CO/N=C/Cc1ccc(-c2noc(C(F)(F)F)n2)cc1. The predicted octanol–water partition coefficient (Wildman–Crippen LogP) is 2.93. The van der Waals surface area contributed by atoms with E-state index in [0.717, 1.165) is 5.56 Å². The number of oxime groups is 1. The molecule has 0 spiro atoms. The summed E-state index contributed by atoms with van der Waals surface area (Å²) in [4.78, 5) is 7.83. The van der Waals surface area contributed by atoms with Crippen LogP contribution in [0.15, 0.2) is 33.9 Å². The smallest absolute Gasteiger partial charge is 0.399 e. The zero-order valence-corrected chi connectivity index (χ0v) is 10.4. The molecule has 0 amide bonds. The lowest BCUT2D eigenvalue weighted by molar-refractivity contribution is -0.159. The van der Waals surface area contributed by atoms with Crippen LogP contribution in [0.25, 0.3) is 11.4 Å². The lowest BCUT2D eigenvalue weighted by atomic mass is 10.1. The minimum Gasteiger partial charge on any atom is -0.399 e. The number of aromatic nitrogens is 2. The van der Waals surface area contributed by atoms with Crippen LogP contribution in [0.1, 0.15) is 11.5 Å². The molecule has 1 aromatic heterocycles. The fraction of sp³-hybridized carbons (Fsp3) is 0.250. The van der Waals surface area contributed by atoms with Gasteiger partial charge >= 0.3 is 12.1 Å². The Morgan fingerprint density at radius 3 is 2.55 bits per heavy atom. The fourth-order valence-corrected chi connectivity index (χ4v) is 1.46. The average molecular weight is 285 g/mol. The summed E-state index contributed by atoms with van der Waals surface area (Å²) in [6.07, 6.45) is -2.51. The molecule has 0 N–H and O–H groups in total. The van der Waals surface area contributed by atoms with Crippen molar-refractivity contribution in [2.75, 3.05) is 7.11 Å². The minimum absolute atomic E-state index is 0.102. The quantitative estimate of drug-likeness (QED) is 0.640. The summed E-state index contributed by atoms with van der Waals surface area (Å²) in [5, 5.41) is 6.89. The van der Waals surface area contributed by atoms with E-state index < -0.39 is 12.1 Å². The Balaban J connectivity index is 2.14. The van der Waals surface area contributed by atoms with Crippen LogP contribution >= 0.6 is 0 Å². The molecule has 1 heterocycles. The van der Waals surface area contributed by atoms with E-state index in [1.165, 1.54) is 7.11 Å². The van der Waals surface area contributed by atoms with Crippen LogP contribution < -0.4 is 0 Å². The maximum absolute atomic E-state index is 12.3. The number of benzene rings is 1. The average Bonchev–Trinajstić information content (AvgIpc) is 2.89. The lowest BCUT2D eigenvalue weighted by Crippen LogP contribution is -2.04. The first kappa shape index (κ1) is 14.0. The molecule has 0 saturated heterocycles. The van der Waals surface area contributed by atoms with E-state index in [1.807, 2.05) is 0 Å². The van der Waals surface area contributed by atoms with E-state index in [0.29, 0.717) is 12.0 Å². The van der Waals surface area contributed by atoms with Gasteiger partial charge in [0.15, 0.2) is 0 Å². The molecule has 0 saturated carbocycles. The van der Waals surface area contributed by atoms with Crippen LogP contribution in [-0.2, 0) is 17.4 Å². The van der Waals surface area contributed by atoms with E-state index in [2.05, 4.69) is 24.7 Å². The summed E-state index contributed by atoms with van der Waals surface area (Å²) in [6, 6.07) is 6.70. The highest BCUT2D eigenvalue weighted by Gasteiger charge is 2.38. The number of hydrogen-bond donors (Lipinski definition) is 0. The van der Waals surface area contributed by atoms with Crippen LogP contribution in [0.3, 0.4) is 0 Å². The number of hydrogen-bond acceptors (Lipinski definition) is 5. The number of rotatable bonds is 4. The van der Waals surface area contributed by atoms with Crippen LogP contribution in [0.5, 0.6) is 0 Å². The van der Waals surface area contributed by atoms with Gasteiger partial charge in [-0.25, -0.2) is 0 Å². The van der Waals surface area contributed by atoms with Crippen molar-refractivity contribution < 1.29 is 22.5 Å². The lowest BCUT2D eigenvalue weighted by Gasteiger charge is -1.98. The molecule has 106 valence electrons. The normalized spacial score (nSPS) is 12.0. The number of nitrogens with zero attached hydrogens (tertiary/aromatic N) is 3. The third kappa shape index (κ3) is 3.34. The van der Waals surface area contributed by atoms with E-state index in [4.69, 9.17) is 0 Å². The standard InChI is InChI=1S/C12H10F3N3O2/c1-19-16-7-6-8-2-4-9(5-3-8)10-17-11(20-18-10)12(13,14)15/h2-5,7H,6H2,1H3/b16-7+. The Labute approximate surface area is 112 Å². The number of halogens is 3. The molecule has 0 fully saturated rings. The topological polar surface area (TPSA) is 60.5 Å². The van der Waals surface area contributed by atoms with Gasteiger partial charge in [-0.3, -0.25) is 0 Å². The van der Waals surface area contributed by atoms with E-state index in [-0.39, 0.29) is 5.82 Å².